The molecule has 0 fully saturated rings. The fourth-order valence-corrected chi connectivity index (χ4v) is 0.319. The molecule has 0 saturated heterocycles. The van der Waals surface area contributed by atoms with Gasteiger partial charge in [0.15, 0.2) is 0 Å². The quantitative estimate of drug-likeness (QED) is 0.391. The Morgan fingerprint density at radius 2 is 2.20 bits per heavy atom. The van der Waals surface area contributed by atoms with Gasteiger partial charge in [-0.15, -0.1) is 0 Å². The van der Waals surface area contributed by atoms with E-state index in [1.54, 1.807) is 0 Å². The number of alkyl halides is 1. The van der Waals surface area contributed by atoms with Crippen molar-refractivity contribution in [2.45, 2.75) is 11.8 Å². The van der Waals surface area contributed by atoms with Gasteiger partial charge in [0.2, 0.25) is 0 Å². The molecule has 0 bridgehead atoms. The Hall–Kier alpha value is -0.420. The van der Waals surface area contributed by atoms with E-state index in [0.717, 1.165) is 0 Å². The topological polar surface area (TPSA) is 63.6 Å². The number of esters is 2. The van der Waals surface area contributed by atoms with Gasteiger partial charge in [-0.1, -0.05) is 15.9 Å². The Bertz CT molecular complexity index is 143. The van der Waals surface area contributed by atoms with Gasteiger partial charge in [-0.25, -0.2) is 4.79 Å². The van der Waals surface area contributed by atoms with Crippen molar-refractivity contribution < 1.29 is 19.4 Å². The van der Waals surface area contributed by atoms with Gasteiger partial charge in [-0.2, -0.15) is 0 Å². The van der Waals surface area contributed by atoms with Crippen LogP contribution in [0.15, 0.2) is 0 Å². The van der Waals surface area contributed by atoms with Gasteiger partial charge >= 0.3 is 11.9 Å². The molecule has 0 aliphatic rings. The average molecular weight is 211 g/mol. The third-order valence-corrected chi connectivity index (χ3v) is 1.04. The third kappa shape index (κ3) is 3.58. The Labute approximate surface area is 66.3 Å². The molecule has 0 amide bonds. The van der Waals surface area contributed by atoms with E-state index in [1.165, 1.54) is 6.92 Å². The molecule has 5 heteroatoms. The minimum Gasteiger partial charge on any atom is -0.391 e. The molecule has 4 nitrogen and oxygen atoms in total. The summed E-state index contributed by atoms with van der Waals surface area (Å²) in [4.78, 5) is 20.2. The Balaban J connectivity index is 3.69. The van der Waals surface area contributed by atoms with E-state index in [9.17, 15) is 9.59 Å². The molecular formula is C5H7BrO4. The number of carbonyl (C=O) groups excluding carboxylic acids is 2. The third-order valence-electron chi connectivity index (χ3n) is 0.668. The molecule has 0 rings (SSSR count). The van der Waals surface area contributed by atoms with Crippen molar-refractivity contribution in [3.05, 3.63) is 0 Å². The first-order valence-electron chi connectivity index (χ1n) is 2.57. The number of carbonyl (C=O) groups is 2. The highest BCUT2D eigenvalue weighted by molar-refractivity contribution is 9.10. The highest BCUT2D eigenvalue weighted by atomic mass is 79.9. The Morgan fingerprint density at radius 1 is 1.70 bits per heavy atom. The van der Waals surface area contributed by atoms with Crippen molar-refractivity contribution in [3.8, 4) is 0 Å². The van der Waals surface area contributed by atoms with Crippen LogP contribution in [-0.2, 0) is 14.3 Å². The van der Waals surface area contributed by atoms with Crippen molar-refractivity contribution in [3.63, 3.8) is 0 Å². The molecule has 0 aliphatic heterocycles. The SMILES string of the molecule is CC(Br)C(=O)OC(=O)CO. The first-order chi connectivity index (χ1) is 4.57. The van der Waals surface area contributed by atoms with Crippen LogP contribution in [0.2, 0.25) is 0 Å². The van der Waals surface area contributed by atoms with Crippen LogP contribution in [0.5, 0.6) is 0 Å². The van der Waals surface area contributed by atoms with Gasteiger partial charge in [-0.05, 0) is 6.92 Å². The number of ether oxygens (including phenoxy) is 1. The molecule has 0 spiro atoms. The summed E-state index contributed by atoms with van der Waals surface area (Å²) in [6.07, 6.45) is 0. The maximum Gasteiger partial charge on any atom is 0.339 e. The number of aliphatic hydroxyl groups excluding tert-OH is 1. The smallest absolute Gasteiger partial charge is 0.339 e. The van der Waals surface area contributed by atoms with E-state index < -0.39 is 23.4 Å². The van der Waals surface area contributed by atoms with Crippen molar-refractivity contribution in [1.82, 2.24) is 0 Å². The van der Waals surface area contributed by atoms with Crippen LogP contribution in [0.3, 0.4) is 0 Å². The molecule has 1 unspecified atom stereocenters. The van der Waals surface area contributed by atoms with Crippen molar-refractivity contribution >= 4 is 27.9 Å². The van der Waals surface area contributed by atoms with Crippen LogP contribution in [0.4, 0.5) is 0 Å². The molecule has 0 aliphatic carbocycles. The van der Waals surface area contributed by atoms with E-state index >= 15 is 0 Å². The highest BCUT2D eigenvalue weighted by Crippen LogP contribution is 1.99. The lowest BCUT2D eigenvalue weighted by Gasteiger charge is -2.00. The van der Waals surface area contributed by atoms with Crippen LogP contribution in [0, 0.1) is 0 Å². The van der Waals surface area contributed by atoms with Crippen molar-refractivity contribution in [2.75, 3.05) is 6.61 Å². The summed E-state index contributed by atoms with van der Waals surface area (Å²) in [7, 11) is 0. The number of rotatable bonds is 2. The summed E-state index contributed by atoms with van der Waals surface area (Å²) >= 11 is 2.89. The van der Waals surface area contributed by atoms with Gasteiger partial charge in [0, 0.05) is 0 Å². The van der Waals surface area contributed by atoms with Gasteiger partial charge in [-0.3, -0.25) is 4.79 Å². The van der Waals surface area contributed by atoms with Crippen LogP contribution in [0.25, 0.3) is 0 Å². The van der Waals surface area contributed by atoms with E-state index in [4.69, 9.17) is 5.11 Å². The Kier molecular flexibility index (Phi) is 4.22. The first kappa shape index (κ1) is 9.58. The minimum absolute atomic E-state index is 0.525. The summed E-state index contributed by atoms with van der Waals surface area (Å²) in [5, 5.41) is 8.12. The van der Waals surface area contributed by atoms with Crippen LogP contribution >= 0.6 is 15.9 Å². The number of halogens is 1. The second-order valence-electron chi connectivity index (χ2n) is 1.57. The summed E-state index contributed by atoms with van der Waals surface area (Å²) in [5.41, 5.74) is 0. The zero-order chi connectivity index (χ0) is 8.15. The monoisotopic (exact) mass is 210 g/mol. The average Bonchev–Trinajstić information content (AvgIpc) is 1.87. The van der Waals surface area contributed by atoms with Crippen molar-refractivity contribution in [1.29, 1.82) is 0 Å². The molecular weight excluding hydrogens is 204 g/mol. The highest BCUT2D eigenvalue weighted by Gasteiger charge is 2.13. The van der Waals surface area contributed by atoms with E-state index in [0.29, 0.717) is 0 Å². The van der Waals surface area contributed by atoms with E-state index in [1.807, 2.05) is 0 Å². The fourth-order valence-electron chi connectivity index (χ4n) is 0.226. The molecule has 1 N–H and O–H groups in total. The van der Waals surface area contributed by atoms with Crippen LogP contribution in [0.1, 0.15) is 6.92 Å². The molecule has 0 radical (unpaired) electrons. The summed E-state index contributed by atoms with van der Waals surface area (Å²) < 4.78 is 4.09. The number of hydrogen-bond acceptors (Lipinski definition) is 4. The van der Waals surface area contributed by atoms with Gasteiger partial charge in [0.25, 0.3) is 0 Å². The number of aliphatic hydroxyl groups is 1. The lowest BCUT2D eigenvalue weighted by molar-refractivity contribution is -0.160. The van der Waals surface area contributed by atoms with Gasteiger partial charge in [0.05, 0.1) is 0 Å². The van der Waals surface area contributed by atoms with Gasteiger partial charge < -0.3 is 9.84 Å². The summed E-state index contributed by atoms with van der Waals surface area (Å²) in [5.74, 6) is -1.63. The van der Waals surface area contributed by atoms with E-state index in [2.05, 4.69) is 20.7 Å². The molecule has 0 aromatic carbocycles. The summed E-state index contributed by atoms with van der Waals surface area (Å²) in [6.45, 7) is 0.748. The van der Waals surface area contributed by atoms with Crippen LogP contribution < -0.4 is 0 Å². The minimum atomic E-state index is -0.934. The molecule has 1 atom stereocenters. The predicted octanol–water partition coefficient (Wildman–Crippen LogP) is -0.168. The zero-order valence-electron chi connectivity index (χ0n) is 5.33. The second kappa shape index (κ2) is 4.40. The molecule has 0 heterocycles. The largest absolute Gasteiger partial charge is 0.391 e. The van der Waals surface area contributed by atoms with Crippen molar-refractivity contribution in [2.24, 2.45) is 0 Å². The lowest BCUT2D eigenvalue weighted by Crippen LogP contribution is -2.20. The lowest BCUT2D eigenvalue weighted by atomic mass is 10.5. The first-order valence-corrected chi connectivity index (χ1v) is 3.49. The normalized spacial score (nSPS) is 12.3. The maximum atomic E-state index is 10.5. The summed E-state index contributed by atoms with van der Waals surface area (Å²) in [6, 6.07) is 0. The Morgan fingerprint density at radius 3 is 2.50 bits per heavy atom. The molecule has 0 saturated carbocycles. The maximum absolute atomic E-state index is 10.5. The number of hydrogen-bond donors (Lipinski definition) is 1. The zero-order valence-corrected chi connectivity index (χ0v) is 6.92. The molecule has 0 aromatic heterocycles. The second-order valence-corrected chi connectivity index (χ2v) is 2.94. The molecule has 0 aromatic rings. The molecule has 10 heavy (non-hydrogen) atoms. The fraction of sp³-hybridized carbons (Fsp3) is 0.600. The van der Waals surface area contributed by atoms with Gasteiger partial charge in [0.1, 0.15) is 11.4 Å². The standard InChI is InChI=1S/C5H7BrO4/c1-3(6)5(9)10-4(8)2-7/h3,7H,2H2,1H3. The predicted molar refractivity (Wildman–Crippen MR) is 36.6 cm³/mol. The van der Waals surface area contributed by atoms with Crippen LogP contribution in [-0.4, -0.2) is 28.5 Å². The molecule has 58 valence electrons. The van der Waals surface area contributed by atoms with E-state index in [-0.39, 0.29) is 0 Å².